The molecule has 1 aliphatic carbocycles. The molecule has 1 aromatic heterocycles. The van der Waals surface area contributed by atoms with Crippen molar-refractivity contribution in [1.82, 2.24) is 9.88 Å². The van der Waals surface area contributed by atoms with E-state index in [1.165, 1.54) is 18.7 Å². The highest BCUT2D eigenvalue weighted by atomic mass is 32.2. The van der Waals surface area contributed by atoms with Gasteiger partial charge < -0.3 is 9.88 Å². The quantitative estimate of drug-likeness (QED) is 0.919. The predicted molar refractivity (Wildman–Crippen MR) is 78.7 cm³/mol. The van der Waals surface area contributed by atoms with E-state index < -0.39 is 0 Å². The molecule has 5 heteroatoms. The first-order valence-corrected chi connectivity index (χ1v) is 7.74. The second-order valence-corrected chi connectivity index (χ2v) is 6.48. The zero-order chi connectivity index (χ0) is 13.8. The summed E-state index contributed by atoms with van der Waals surface area (Å²) in [6.45, 7) is 2.17. The SMILES string of the molecule is CCS[C@H]1CC[C@H](N(C)C(=O)c2ccc(=O)[nH]c2)C1. The molecule has 0 unspecified atom stereocenters. The number of thioether (sulfide) groups is 1. The molecule has 0 saturated heterocycles. The van der Waals surface area contributed by atoms with Gasteiger partial charge in [-0.25, -0.2) is 0 Å². The van der Waals surface area contributed by atoms with Gasteiger partial charge in [0, 0.05) is 30.6 Å². The molecule has 0 aromatic carbocycles. The minimum Gasteiger partial charge on any atom is -0.339 e. The summed E-state index contributed by atoms with van der Waals surface area (Å²) in [4.78, 5) is 27.7. The number of amides is 1. The third kappa shape index (κ3) is 3.41. The molecule has 0 bridgehead atoms. The summed E-state index contributed by atoms with van der Waals surface area (Å²) in [6.07, 6.45) is 4.83. The highest BCUT2D eigenvalue weighted by molar-refractivity contribution is 7.99. The molecule has 0 spiro atoms. The number of nitrogens with zero attached hydrogens (tertiary/aromatic N) is 1. The molecule has 2 rings (SSSR count). The fourth-order valence-corrected chi connectivity index (χ4v) is 3.70. The lowest BCUT2D eigenvalue weighted by Crippen LogP contribution is -2.35. The van der Waals surface area contributed by atoms with Crippen LogP contribution in [-0.2, 0) is 0 Å². The normalized spacial score (nSPS) is 22.4. The molecule has 0 radical (unpaired) electrons. The number of H-pyrrole nitrogens is 1. The number of hydrogen-bond acceptors (Lipinski definition) is 3. The van der Waals surface area contributed by atoms with Crippen LogP contribution >= 0.6 is 11.8 Å². The van der Waals surface area contributed by atoms with Crippen molar-refractivity contribution in [3.8, 4) is 0 Å². The van der Waals surface area contributed by atoms with E-state index in [0.717, 1.165) is 18.6 Å². The number of rotatable bonds is 4. The van der Waals surface area contributed by atoms with Crippen molar-refractivity contribution < 1.29 is 4.79 Å². The molecule has 0 aliphatic heterocycles. The molecular weight excluding hydrogens is 260 g/mol. The van der Waals surface area contributed by atoms with E-state index in [4.69, 9.17) is 0 Å². The molecule has 1 fully saturated rings. The molecule has 104 valence electrons. The van der Waals surface area contributed by atoms with E-state index >= 15 is 0 Å². The van der Waals surface area contributed by atoms with Gasteiger partial charge in [-0.05, 0) is 31.1 Å². The van der Waals surface area contributed by atoms with Crippen molar-refractivity contribution in [3.63, 3.8) is 0 Å². The van der Waals surface area contributed by atoms with E-state index in [1.807, 2.05) is 23.7 Å². The van der Waals surface area contributed by atoms with E-state index in [1.54, 1.807) is 6.07 Å². The van der Waals surface area contributed by atoms with Crippen molar-refractivity contribution in [2.24, 2.45) is 0 Å². The number of carbonyl (C=O) groups excluding carboxylic acids is 1. The molecule has 1 saturated carbocycles. The number of aromatic nitrogens is 1. The van der Waals surface area contributed by atoms with Crippen molar-refractivity contribution in [1.29, 1.82) is 0 Å². The Kier molecular flexibility index (Phi) is 4.69. The predicted octanol–water partition coefficient (Wildman–Crippen LogP) is 2.12. The number of hydrogen-bond donors (Lipinski definition) is 1. The van der Waals surface area contributed by atoms with Crippen LogP contribution in [0.25, 0.3) is 0 Å². The van der Waals surface area contributed by atoms with E-state index in [-0.39, 0.29) is 11.5 Å². The summed E-state index contributed by atoms with van der Waals surface area (Å²) in [7, 11) is 1.86. The van der Waals surface area contributed by atoms with Crippen LogP contribution in [0, 0.1) is 0 Å². The Bertz CT molecular complexity index is 480. The highest BCUT2D eigenvalue weighted by Crippen LogP contribution is 2.32. The lowest BCUT2D eigenvalue weighted by Gasteiger charge is -2.24. The number of aromatic amines is 1. The van der Waals surface area contributed by atoms with Crippen molar-refractivity contribution >= 4 is 17.7 Å². The maximum Gasteiger partial charge on any atom is 0.255 e. The smallest absolute Gasteiger partial charge is 0.255 e. The second kappa shape index (κ2) is 6.28. The Morgan fingerprint density at radius 3 is 2.89 bits per heavy atom. The largest absolute Gasteiger partial charge is 0.339 e. The number of nitrogens with one attached hydrogen (secondary N) is 1. The summed E-state index contributed by atoms with van der Waals surface area (Å²) in [5.41, 5.74) is 0.369. The Labute approximate surface area is 117 Å². The summed E-state index contributed by atoms with van der Waals surface area (Å²) in [5, 5.41) is 0.681. The topological polar surface area (TPSA) is 53.2 Å². The zero-order valence-corrected chi connectivity index (χ0v) is 12.2. The lowest BCUT2D eigenvalue weighted by molar-refractivity contribution is 0.0735. The van der Waals surface area contributed by atoms with Crippen LogP contribution in [0.2, 0.25) is 0 Å². The fourth-order valence-electron chi connectivity index (χ4n) is 2.57. The van der Waals surface area contributed by atoms with Gasteiger partial charge in [-0.1, -0.05) is 6.92 Å². The Morgan fingerprint density at radius 2 is 2.26 bits per heavy atom. The summed E-state index contributed by atoms with van der Waals surface area (Å²) >= 11 is 1.98. The molecule has 19 heavy (non-hydrogen) atoms. The van der Waals surface area contributed by atoms with Crippen molar-refractivity contribution in [3.05, 3.63) is 34.2 Å². The summed E-state index contributed by atoms with van der Waals surface area (Å²) < 4.78 is 0. The first kappa shape index (κ1) is 14.2. The Hall–Kier alpha value is -1.23. The van der Waals surface area contributed by atoms with Crippen LogP contribution in [0.4, 0.5) is 0 Å². The summed E-state index contributed by atoms with van der Waals surface area (Å²) in [6, 6.07) is 3.31. The minimum absolute atomic E-state index is 0.0107. The third-order valence-corrected chi connectivity index (χ3v) is 4.89. The zero-order valence-electron chi connectivity index (χ0n) is 11.4. The molecule has 1 aromatic rings. The molecule has 1 amide bonds. The van der Waals surface area contributed by atoms with Gasteiger partial charge in [0.15, 0.2) is 0 Å². The average Bonchev–Trinajstić information content (AvgIpc) is 2.87. The molecule has 1 N–H and O–H groups in total. The van der Waals surface area contributed by atoms with Crippen LogP contribution in [0.15, 0.2) is 23.1 Å². The van der Waals surface area contributed by atoms with E-state index in [0.29, 0.717) is 16.9 Å². The standard InChI is InChI=1S/C14H20N2O2S/c1-3-19-12-6-5-11(8-12)16(2)14(18)10-4-7-13(17)15-9-10/h4,7,9,11-12H,3,5-6,8H2,1-2H3,(H,15,17)/t11-,12-/m0/s1. The van der Waals surface area contributed by atoms with Crippen LogP contribution in [-0.4, -0.2) is 39.9 Å². The van der Waals surface area contributed by atoms with Gasteiger partial charge in [-0.2, -0.15) is 11.8 Å². The summed E-state index contributed by atoms with van der Waals surface area (Å²) in [5.74, 6) is 1.12. The first-order chi connectivity index (χ1) is 9.11. The minimum atomic E-state index is -0.181. The lowest BCUT2D eigenvalue weighted by atomic mass is 10.2. The van der Waals surface area contributed by atoms with Gasteiger partial charge in [0.05, 0.1) is 5.56 Å². The third-order valence-electron chi connectivity index (χ3n) is 3.66. The number of carbonyl (C=O) groups is 1. The van der Waals surface area contributed by atoms with Crippen LogP contribution < -0.4 is 5.56 Å². The van der Waals surface area contributed by atoms with Gasteiger partial charge in [0.1, 0.15) is 0 Å². The number of pyridine rings is 1. The second-order valence-electron chi connectivity index (χ2n) is 4.90. The maximum absolute atomic E-state index is 12.3. The monoisotopic (exact) mass is 280 g/mol. The van der Waals surface area contributed by atoms with Crippen LogP contribution in [0.3, 0.4) is 0 Å². The first-order valence-electron chi connectivity index (χ1n) is 6.69. The highest BCUT2D eigenvalue weighted by Gasteiger charge is 2.30. The van der Waals surface area contributed by atoms with Crippen molar-refractivity contribution in [2.75, 3.05) is 12.8 Å². The Balaban J connectivity index is 2.00. The maximum atomic E-state index is 12.3. The molecule has 1 aliphatic rings. The average molecular weight is 280 g/mol. The molecular formula is C14H20N2O2S. The molecule has 1 heterocycles. The van der Waals surface area contributed by atoms with Gasteiger partial charge in [0.25, 0.3) is 5.91 Å². The fraction of sp³-hybridized carbons (Fsp3) is 0.571. The van der Waals surface area contributed by atoms with Gasteiger partial charge in [-0.15, -0.1) is 0 Å². The molecule has 4 nitrogen and oxygen atoms in total. The van der Waals surface area contributed by atoms with E-state index in [2.05, 4.69) is 11.9 Å². The van der Waals surface area contributed by atoms with Gasteiger partial charge >= 0.3 is 0 Å². The molecule has 2 atom stereocenters. The van der Waals surface area contributed by atoms with Crippen LogP contribution in [0.5, 0.6) is 0 Å². The Morgan fingerprint density at radius 1 is 1.47 bits per heavy atom. The van der Waals surface area contributed by atoms with Crippen LogP contribution in [0.1, 0.15) is 36.5 Å². The van der Waals surface area contributed by atoms with Gasteiger partial charge in [0.2, 0.25) is 5.56 Å². The van der Waals surface area contributed by atoms with Crippen molar-refractivity contribution in [2.45, 2.75) is 37.5 Å². The van der Waals surface area contributed by atoms with Gasteiger partial charge in [-0.3, -0.25) is 9.59 Å². The van der Waals surface area contributed by atoms with E-state index in [9.17, 15) is 9.59 Å².